The smallest absolute Gasteiger partial charge is 0.237 e. The molecule has 0 saturated carbocycles. The van der Waals surface area contributed by atoms with Crippen LogP contribution in [0.25, 0.3) is 0 Å². The van der Waals surface area contributed by atoms with Crippen LogP contribution in [0, 0.1) is 5.92 Å². The average Bonchev–Trinajstić information content (AvgIpc) is 3.05. The lowest BCUT2D eigenvalue weighted by molar-refractivity contribution is 0.367. The Morgan fingerprint density at radius 2 is 1.96 bits per heavy atom. The first kappa shape index (κ1) is 22.6. The molecule has 0 aromatic heterocycles. The Labute approximate surface area is 163 Å². The molecule has 0 atom stereocenters. The van der Waals surface area contributed by atoms with E-state index in [0.717, 1.165) is 30.9 Å². The van der Waals surface area contributed by atoms with Crippen molar-refractivity contribution in [2.45, 2.75) is 39.4 Å². The molecule has 0 radical (unpaired) electrons. The summed E-state index contributed by atoms with van der Waals surface area (Å²) < 4.78 is 32.6. The number of hydrogen-bond acceptors (Lipinski definition) is 5. The van der Waals surface area contributed by atoms with Gasteiger partial charge >= 0.3 is 0 Å². The van der Waals surface area contributed by atoms with Gasteiger partial charge in [-0.15, -0.1) is 12.4 Å². The summed E-state index contributed by atoms with van der Waals surface area (Å²) in [5, 5.41) is 2.70. The first-order valence-corrected chi connectivity index (χ1v) is 10.2. The monoisotopic (exact) mass is 403 g/mol. The molecule has 1 aliphatic rings. The second-order valence-electron chi connectivity index (χ2n) is 6.96. The predicted octanol–water partition coefficient (Wildman–Crippen LogP) is 2.86. The van der Waals surface area contributed by atoms with Crippen molar-refractivity contribution in [3.8, 4) is 5.75 Å². The van der Waals surface area contributed by atoms with E-state index in [4.69, 9.17) is 4.74 Å². The van der Waals surface area contributed by atoms with Crippen LogP contribution in [-0.2, 0) is 16.4 Å². The Bertz CT molecular complexity index is 733. The van der Waals surface area contributed by atoms with Crippen molar-refractivity contribution in [1.29, 1.82) is 0 Å². The second-order valence-corrected chi connectivity index (χ2v) is 9.48. The van der Waals surface area contributed by atoms with Gasteiger partial charge in [0.2, 0.25) is 10.0 Å². The Hall–Kier alpha value is -1.47. The first-order valence-electron chi connectivity index (χ1n) is 8.73. The number of aliphatic imine (C=N–C) groups is 1. The van der Waals surface area contributed by atoms with E-state index >= 15 is 0 Å². The van der Waals surface area contributed by atoms with Crippen LogP contribution in [0.3, 0.4) is 0 Å². The molecule has 1 heterocycles. The Balaban J connectivity index is 0.00000338. The number of rotatable bonds is 8. The van der Waals surface area contributed by atoms with E-state index < -0.39 is 15.3 Å². The van der Waals surface area contributed by atoms with Gasteiger partial charge in [0.1, 0.15) is 18.2 Å². The maximum atomic E-state index is 12.6. The van der Waals surface area contributed by atoms with Crippen LogP contribution in [0.4, 0.5) is 5.69 Å². The maximum Gasteiger partial charge on any atom is 0.237 e. The van der Waals surface area contributed by atoms with E-state index in [2.05, 4.69) is 24.2 Å². The van der Waals surface area contributed by atoms with Crippen LogP contribution >= 0.6 is 12.4 Å². The highest BCUT2D eigenvalue weighted by atomic mass is 35.5. The molecule has 0 amide bonds. The number of anilines is 1. The van der Waals surface area contributed by atoms with Crippen LogP contribution in [0.5, 0.6) is 5.75 Å². The van der Waals surface area contributed by atoms with E-state index in [1.165, 1.54) is 4.31 Å². The highest BCUT2D eigenvalue weighted by Crippen LogP contribution is 2.33. The third-order valence-corrected chi connectivity index (χ3v) is 6.30. The molecule has 8 heteroatoms. The normalized spacial score (nSPS) is 14.0. The topological polar surface area (TPSA) is 71.0 Å². The van der Waals surface area contributed by atoms with Crippen molar-refractivity contribution in [1.82, 2.24) is 5.32 Å². The summed E-state index contributed by atoms with van der Waals surface area (Å²) in [6.45, 7) is 9.59. The molecule has 0 bridgehead atoms. The van der Waals surface area contributed by atoms with Gasteiger partial charge in [0.25, 0.3) is 0 Å². The number of benzene rings is 1. The quantitative estimate of drug-likeness (QED) is 0.724. The largest absolute Gasteiger partial charge is 0.485 e. The number of nitrogens with zero attached hydrogens (tertiary/aromatic N) is 2. The van der Waals surface area contributed by atoms with Crippen molar-refractivity contribution in [2.24, 2.45) is 10.9 Å². The molecule has 0 fully saturated rings. The SMILES string of the molecule is CC(C)Cc1c(OCC2=NCCN2)cccc1N(C)S(=O)(=O)C(C)C.Cl. The minimum atomic E-state index is -3.39. The minimum absolute atomic E-state index is 0. The summed E-state index contributed by atoms with van der Waals surface area (Å²) in [6.07, 6.45) is 0.739. The Morgan fingerprint density at radius 3 is 2.50 bits per heavy atom. The molecular weight excluding hydrogens is 374 g/mol. The fraction of sp³-hybridized carbons (Fsp3) is 0.611. The van der Waals surface area contributed by atoms with Crippen LogP contribution in [0.2, 0.25) is 0 Å². The number of nitrogens with one attached hydrogen (secondary N) is 1. The third kappa shape index (κ3) is 5.27. The molecule has 1 aromatic rings. The number of amidine groups is 1. The Kier molecular flexibility index (Phi) is 8.21. The van der Waals surface area contributed by atoms with Crippen molar-refractivity contribution in [3.05, 3.63) is 23.8 Å². The zero-order valence-corrected chi connectivity index (χ0v) is 17.8. The fourth-order valence-electron chi connectivity index (χ4n) is 2.74. The summed E-state index contributed by atoms with van der Waals surface area (Å²) in [4.78, 5) is 4.34. The summed E-state index contributed by atoms with van der Waals surface area (Å²) >= 11 is 0. The lowest BCUT2D eigenvalue weighted by Gasteiger charge is -2.26. The van der Waals surface area contributed by atoms with Gasteiger partial charge in [0.05, 0.1) is 17.5 Å². The van der Waals surface area contributed by atoms with E-state index in [1.54, 1.807) is 20.9 Å². The number of hydrogen-bond donors (Lipinski definition) is 1. The van der Waals surface area contributed by atoms with E-state index in [-0.39, 0.29) is 12.4 Å². The molecule has 0 spiro atoms. The zero-order chi connectivity index (χ0) is 18.6. The molecule has 1 aromatic carbocycles. The molecule has 0 aliphatic carbocycles. The van der Waals surface area contributed by atoms with Crippen LogP contribution in [-0.4, -0.2) is 46.2 Å². The minimum Gasteiger partial charge on any atom is -0.485 e. The third-order valence-electron chi connectivity index (χ3n) is 4.15. The van der Waals surface area contributed by atoms with Gasteiger partial charge in [-0.25, -0.2) is 8.42 Å². The summed E-state index contributed by atoms with van der Waals surface area (Å²) in [6, 6.07) is 5.58. The summed E-state index contributed by atoms with van der Waals surface area (Å²) in [5.41, 5.74) is 1.60. The van der Waals surface area contributed by atoms with Gasteiger partial charge in [-0.3, -0.25) is 9.30 Å². The van der Waals surface area contributed by atoms with Gasteiger partial charge in [0.15, 0.2) is 0 Å². The average molecular weight is 404 g/mol. The van der Waals surface area contributed by atoms with Crippen molar-refractivity contribution < 1.29 is 13.2 Å². The highest BCUT2D eigenvalue weighted by Gasteiger charge is 2.26. The van der Waals surface area contributed by atoms with E-state index in [9.17, 15) is 8.42 Å². The molecule has 1 aliphatic heterocycles. The summed E-state index contributed by atoms with van der Waals surface area (Å²) in [5.74, 6) is 1.93. The number of halogens is 1. The van der Waals surface area contributed by atoms with Gasteiger partial charge < -0.3 is 10.1 Å². The lowest BCUT2D eigenvalue weighted by Crippen LogP contribution is -2.34. The van der Waals surface area contributed by atoms with Crippen molar-refractivity contribution in [3.63, 3.8) is 0 Å². The van der Waals surface area contributed by atoms with Crippen LogP contribution in [0.15, 0.2) is 23.2 Å². The predicted molar refractivity (Wildman–Crippen MR) is 110 cm³/mol. The zero-order valence-electron chi connectivity index (χ0n) is 16.2. The fourth-order valence-corrected chi connectivity index (χ4v) is 3.82. The van der Waals surface area contributed by atoms with Gasteiger partial charge in [-0.05, 0) is 38.3 Å². The van der Waals surface area contributed by atoms with E-state index in [0.29, 0.717) is 24.0 Å². The molecule has 148 valence electrons. The standard InChI is InChI=1S/C18H29N3O3S.ClH/c1-13(2)11-15-16(21(5)25(22,23)14(3)4)7-6-8-17(15)24-12-18-19-9-10-20-18;/h6-8,13-14H,9-12H2,1-5H3,(H,19,20);1H. The summed E-state index contributed by atoms with van der Waals surface area (Å²) in [7, 11) is -1.78. The highest BCUT2D eigenvalue weighted by molar-refractivity contribution is 7.93. The molecule has 0 saturated heterocycles. The Morgan fingerprint density at radius 1 is 1.27 bits per heavy atom. The molecule has 2 rings (SSSR count). The maximum absolute atomic E-state index is 12.6. The molecule has 0 unspecified atom stereocenters. The van der Waals surface area contributed by atoms with Crippen LogP contribution < -0.4 is 14.4 Å². The number of sulfonamides is 1. The van der Waals surface area contributed by atoms with Gasteiger partial charge in [-0.2, -0.15) is 0 Å². The number of ether oxygens (including phenoxy) is 1. The van der Waals surface area contributed by atoms with E-state index in [1.807, 2.05) is 18.2 Å². The molecule has 26 heavy (non-hydrogen) atoms. The van der Waals surface area contributed by atoms with Gasteiger partial charge in [0, 0.05) is 19.2 Å². The van der Waals surface area contributed by atoms with Gasteiger partial charge in [-0.1, -0.05) is 19.9 Å². The molecular formula is C18H30ClN3O3S. The second kappa shape index (κ2) is 9.46. The molecule has 6 nitrogen and oxygen atoms in total. The van der Waals surface area contributed by atoms with Crippen molar-refractivity contribution >= 4 is 34.0 Å². The first-order chi connectivity index (χ1) is 11.7. The lowest BCUT2D eigenvalue weighted by atomic mass is 10.00. The molecule has 1 N–H and O–H groups in total. The van der Waals surface area contributed by atoms with Crippen LogP contribution in [0.1, 0.15) is 33.3 Å². The van der Waals surface area contributed by atoms with Crippen molar-refractivity contribution in [2.75, 3.05) is 31.0 Å².